The zero-order chi connectivity index (χ0) is 18.8. The summed E-state index contributed by atoms with van der Waals surface area (Å²) in [7, 11) is 0. The van der Waals surface area contributed by atoms with E-state index in [1.54, 1.807) is 0 Å². The van der Waals surface area contributed by atoms with Gasteiger partial charge in [-0.2, -0.15) is 0 Å². The first-order valence-corrected chi connectivity index (χ1v) is 10.2. The maximum absolute atomic E-state index is 4.80. The van der Waals surface area contributed by atoms with E-state index in [1.165, 1.54) is 24.2 Å². The third kappa shape index (κ3) is 7.95. The Morgan fingerprint density at radius 3 is 2.30 bits per heavy atom. The number of nitrogens with one attached hydrogen (secondary N) is 2. The molecule has 1 aliphatic rings. The molecule has 1 aromatic rings. The Hall–Kier alpha value is -0.860. The Morgan fingerprint density at radius 2 is 1.70 bits per heavy atom. The van der Waals surface area contributed by atoms with Gasteiger partial charge < -0.3 is 15.5 Å². The number of aliphatic imine (C=N–C) groups is 1. The number of halogens is 1. The van der Waals surface area contributed by atoms with Crippen LogP contribution in [0, 0.1) is 0 Å². The Labute approximate surface area is 183 Å². The van der Waals surface area contributed by atoms with Crippen molar-refractivity contribution in [3.8, 4) is 0 Å². The van der Waals surface area contributed by atoms with E-state index in [0.717, 1.165) is 51.6 Å². The molecule has 0 bridgehead atoms. The van der Waals surface area contributed by atoms with Crippen LogP contribution in [-0.4, -0.2) is 67.6 Å². The predicted octanol–water partition coefficient (Wildman–Crippen LogP) is 2.95. The third-order valence-corrected chi connectivity index (χ3v) is 5.29. The van der Waals surface area contributed by atoms with Crippen LogP contribution in [-0.2, 0) is 13.0 Å². The van der Waals surface area contributed by atoms with Crippen molar-refractivity contribution in [2.24, 2.45) is 4.99 Å². The molecule has 6 heteroatoms. The van der Waals surface area contributed by atoms with Gasteiger partial charge in [-0.3, -0.25) is 4.90 Å². The van der Waals surface area contributed by atoms with Gasteiger partial charge in [0.05, 0.1) is 6.54 Å². The molecule has 1 unspecified atom stereocenters. The average Bonchev–Trinajstić information content (AvgIpc) is 2.70. The first-order chi connectivity index (χ1) is 12.7. The van der Waals surface area contributed by atoms with Gasteiger partial charge in [0.15, 0.2) is 5.96 Å². The quantitative estimate of drug-likeness (QED) is 0.336. The summed E-state index contributed by atoms with van der Waals surface area (Å²) in [5, 5.41) is 6.91. The molecule has 0 saturated carbocycles. The SMILES string of the molecule is CCNC(=NCc1ccccc1CC)NCC(C)N1CCN(CC)CC1.I. The molecule has 1 aromatic carbocycles. The Morgan fingerprint density at radius 1 is 1.04 bits per heavy atom. The molecule has 0 aliphatic carbocycles. The van der Waals surface area contributed by atoms with E-state index in [2.05, 4.69) is 72.4 Å². The average molecular weight is 487 g/mol. The lowest BCUT2D eigenvalue weighted by atomic mass is 10.1. The van der Waals surface area contributed by atoms with Crippen LogP contribution in [0.4, 0.5) is 0 Å². The van der Waals surface area contributed by atoms with Crippen molar-refractivity contribution in [2.45, 2.75) is 46.7 Å². The summed E-state index contributed by atoms with van der Waals surface area (Å²) in [6.07, 6.45) is 1.05. The summed E-state index contributed by atoms with van der Waals surface area (Å²) in [5.41, 5.74) is 2.70. The minimum atomic E-state index is 0. The molecular formula is C21H38IN5. The number of guanidine groups is 1. The Bertz CT molecular complexity index is 555. The van der Waals surface area contributed by atoms with Crippen LogP contribution < -0.4 is 10.6 Å². The zero-order valence-corrected chi connectivity index (χ0v) is 19.8. The number of rotatable bonds is 8. The highest BCUT2D eigenvalue weighted by Crippen LogP contribution is 2.10. The van der Waals surface area contributed by atoms with Gasteiger partial charge in [0.25, 0.3) is 0 Å². The lowest BCUT2D eigenvalue weighted by Gasteiger charge is -2.37. The normalized spacial score (nSPS) is 17.3. The fourth-order valence-corrected chi connectivity index (χ4v) is 3.46. The number of benzene rings is 1. The molecule has 1 saturated heterocycles. The second kappa shape index (κ2) is 13.3. The summed E-state index contributed by atoms with van der Waals surface area (Å²) in [6.45, 7) is 17.3. The van der Waals surface area contributed by atoms with E-state index in [0.29, 0.717) is 6.04 Å². The molecule has 2 N–H and O–H groups in total. The molecule has 2 rings (SSSR count). The van der Waals surface area contributed by atoms with Gasteiger partial charge in [0, 0.05) is 45.3 Å². The van der Waals surface area contributed by atoms with Crippen molar-refractivity contribution in [3.63, 3.8) is 0 Å². The molecule has 1 fully saturated rings. The lowest BCUT2D eigenvalue weighted by Crippen LogP contribution is -2.53. The van der Waals surface area contributed by atoms with Crippen LogP contribution in [0.5, 0.6) is 0 Å². The number of hydrogen-bond acceptors (Lipinski definition) is 3. The first kappa shape index (κ1) is 24.2. The smallest absolute Gasteiger partial charge is 0.191 e. The number of piperazine rings is 1. The maximum Gasteiger partial charge on any atom is 0.191 e. The van der Waals surface area contributed by atoms with E-state index in [4.69, 9.17) is 4.99 Å². The molecule has 0 radical (unpaired) electrons. The van der Waals surface area contributed by atoms with E-state index >= 15 is 0 Å². The molecule has 27 heavy (non-hydrogen) atoms. The maximum atomic E-state index is 4.80. The van der Waals surface area contributed by atoms with Crippen molar-refractivity contribution < 1.29 is 0 Å². The summed E-state index contributed by atoms with van der Waals surface area (Å²) in [6, 6.07) is 9.10. The molecule has 1 heterocycles. The highest BCUT2D eigenvalue weighted by atomic mass is 127. The van der Waals surface area contributed by atoms with Gasteiger partial charge in [-0.25, -0.2) is 4.99 Å². The summed E-state index contributed by atoms with van der Waals surface area (Å²) in [5.74, 6) is 0.914. The predicted molar refractivity (Wildman–Crippen MR) is 127 cm³/mol. The summed E-state index contributed by atoms with van der Waals surface area (Å²) >= 11 is 0. The molecular weight excluding hydrogens is 449 g/mol. The van der Waals surface area contributed by atoms with Gasteiger partial charge in [-0.15, -0.1) is 24.0 Å². The van der Waals surface area contributed by atoms with Gasteiger partial charge in [0.2, 0.25) is 0 Å². The van der Waals surface area contributed by atoms with E-state index in [-0.39, 0.29) is 24.0 Å². The van der Waals surface area contributed by atoms with Crippen molar-refractivity contribution in [1.82, 2.24) is 20.4 Å². The minimum absolute atomic E-state index is 0. The van der Waals surface area contributed by atoms with Crippen LogP contribution >= 0.6 is 24.0 Å². The zero-order valence-electron chi connectivity index (χ0n) is 17.5. The van der Waals surface area contributed by atoms with Gasteiger partial charge >= 0.3 is 0 Å². The molecule has 154 valence electrons. The van der Waals surface area contributed by atoms with E-state index < -0.39 is 0 Å². The molecule has 1 atom stereocenters. The largest absolute Gasteiger partial charge is 0.357 e. The third-order valence-electron chi connectivity index (χ3n) is 5.29. The Balaban J connectivity index is 0.00000364. The van der Waals surface area contributed by atoms with Crippen LogP contribution in [0.25, 0.3) is 0 Å². The topological polar surface area (TPSA) is 42.9 Å². The fraction of sp³-hybridized carbons (Fsp3) is 0.667. The van der Waals surface area contributed by atoms with Gasteiger partial charge in [0.1, 0.15) is 0 Å². The van der Waals surface area contributed by atoms with Crippen molar-refractivity contribution >= 4 is 29.9 Å². The Kier molecular flexibility index (Phi) is 11.9. The monoisotopic (exact) mass is 487 g/mol. The molecule has 0 amide bonds. The van der Waals surface area contributed by atoms with Crippen LogP contribution in [0.2, 0.25) is 0 Å². The molecule has 0 aromatic heterocycles. The van der Waals surface area contributed by atoms with Gasteiger partial charge in [-0.05, 0) is 37.9 Å². The number of likely N-dealkylation sites (N-methyl/N-ethyl adjacent to an activating group) is 1. The van der Waals surface area contributed by atoms with Gasteiger partial charge in [-0.1, -0.05) is 38.1 Å². The summed E-state index contributed by atoms with van der Waals surface area (Å²) in [4.78, 5) is 9.90. The highest BCUT2D eigenvalue weighted by Gasteiger charge is 2.20. The minimum Gasteiger partial charge on any atom is -0.357 e. The standard InChI is InChI=1S/C21H37N5.HI/c1-5-19-10-8-9-11-20(19)17-24-21(22-6-2)23-16-18(4)26-14-12-25(7-3)13-15-26;/h8-11,18H,5-7,12-17H2,1-4H3,(H2,22,23,24);1H. The van der Waals surface area contributed by atoms with Crippen LogP contribution in [0.1, 0.15) is 38.8 Å². The van der Waals surface area contributed by atoms with Crippen molar-refractivity contribution in [3.05, 3.63) is 35.4 Å². The summed E-state index contributed by atoms with van der Waals surface area (Å²) < 4.78 is 0. The van der Waals surface area contributed by atoms with E-state index in [1.807, 2.05) is 0 Å². The number of nitrogens with zero attached hydrogens (tertiary/aromatic N) is 3. The van der Waals surface area contributed by atoms with Crippen LogP contribution in [0.15, 0.2) is 29.3 Å². The lowest BCUT2D eigenvalue weighted by molar-refractivity contribution is 0.107. The first-order valence-electron chi connectivity index (χ1n) is 10.2. The van der Waals surface area contributed by atoms with Crippen LogP contribution in [0.3, 0.4) is 0 Å². The number of aryl methyl sites for hydroxylation is 1. The van der Waals surface area contributed by atoms with Crippen molar-refractivity contribution in [1.29, 1.82) is 0 Å². The van der Waals surface area contributed by atoms with Crippen molar-refractivity contribution in [2.75, 3.05) is 45.8 Å². The van der Waals surface area contributed by atoms with E-state index in [9.17, 15) is 0 Å². The molecule has 0 spiro atoms. The second-order valence-electron chi connectivity index (χ2n) is 7.02. The highest BCUT2D eigenvalue weighted by molar-refractivity contribution is 14.0. The second-order valence-corrected chi connectivity index (χ2v) is 7.02. The molecule has 1 aliphatic heterocycles. The fourth-order valence-electron chi connectivity index (χ4n) is 3.46. The number of hydrogen-bond donors (Lipinski definition) is 2. The molecule has 5 nitrogen and oxygen atoms in total.